The monoisotopic (exact) mass is 462 g/mol. The summed E-state index contributed by atoms with van der Waals surface area (Å²) in [5, 5.41) is 2.76. The molecule has 0 aromatic heterocycles. The average Bonchev–Trinajstić information content (AvgIpc) is 2.82. The quantitative estimate of drug-likeness (QED) is 0.543. The molecule has 1 aliphatic rings. The Balaban J connectivity index is 1.72. The van der Waals surface area contributed by atoms with Gasteiger partial charge in [-0.2, -0.15) is 4.31 Å². The lowest BCUT2D eigenvalue weighted by atomic mass is 10.2. The van der Waals surface area contributed by atoms with Crippen LogP contribution in [0, 0.1) is 0 Å². The molecule has 32 heavy (non-hydrogen) atoms. The predicted octanol–water partition coefficient (Wildman–Crippen LogP) is 3.54. The molecule has 1 fully saturated rings. The molecule has 0 atom stereocenters. The molecule has 1 aliphatic heterocycles. The van der Waals surface area contributed by atoms with Crippen molar-refractivity contribution in [2.75, 3.05) is 45.3 Å². The lowest BCUT2D eigenvalue weighted by molar-refractivity contribution is 0.0729. The summed E-state index contributed by atoms with van der Waals surface area (Å²) in [7, 11) is -2.37. The smallest absolute Gasteiger partial charge is 0.255 e. The molecule has 0 spiro atoms. The maximum absolute atomic E-state index is 13.1. The lowest BCUT2D eigenvalue weighted by Crippen LogP contribution is -2.40. The molecule has 1 heterocycles. The first kappa shape index (κ1) is 24.0. The first-order chi connectivity index (χ1) is 15.5. The number of anilines is 1. The van der Waals surface area contributed by atoms with E-state index in [0.29, 0.717) is 36.8 Å². The highest BCUT2D eigenvalue weighted by molar-refractivity contribution is 7.89. The Morgan fingerprint density at radius 1 is 1.09 bits per heavy atom. The highest BCUT2D eigenvalue weighted by Gasteiger charge is 2.29. The number of benzene rings is 2. The summed E-state index contributed by atoms with van der Waals surface area (Å²) < 4.78 is 43.8. The number of carbonyl (C=O) groups excluding carboxylic acids is 1. The van der Waals surface area contributed by atoms with Gasteiger partial charge in [-0.3, -0.25) is 4.79 Å². The summed E-state index contributed by atoms with van der Waals surface area (Å²) in [6.45, 7) is 4.01. The Bertz CT molecular complexity index is 1000. The van der Waals surface area contributed by atoms with Gasteiger partial charge in [-0.05, 0) is 48.9 Å². The third-order valence-corrected chi connectivity index (χ3v) is 7.06. The van der Waals surface area contributed by atoms with Crippen molar-refractivity contribution in [2.24, 2.45) is 0 Å². The zero-order chi connectivity index (χ0) is 23.0. The summed E-state index contributed by atoms with van der Waals surface area (Å²) in [5.74, 6) is 0.586. The molecule has 9 heteroatoms. The summed E-state index contributed by atoms with van der Waals surface area (Å²) in [6.07, 6.45) is 3.24. The van der Waals surface area contributed by atoms with E-state index < -0.39 is 10.0 Å². The van der Waals surface area contributed by atoms with E-state index in [1.165, 1.54) is 23.5 Å². The molecule has 0 saturated carbocycles. The van der Waals surface area contributed by atoms with Crippen molar-refractivity contribution in [1.29, 1.82) is 0 Å². The fourth-order valence-corrected chi connectivity index (χ4v) is 4.92. The van der Waals surface area contributed by atoms with Crippen molar-refractivity contribution in [3.63, 3.8) is 0 Å². The number of hydrogen-bond donors (Lipinski definition) is 1. The van der Waals surface area contributed by atoms with Crippen molar-refractivity contribution in [2.45, 2.75) is 31.1 Å². The van der Waals surface area contributed by atoms with Crippen LogP contribution in [0.2, 0.25) is 0 Å². The highest BCUT2D eigenvalue weighted by atomic mass is 32.2. The van der Waals surface area contributed by atoms with Crippen LogP contribution >= 0.6 is 0 Å². The van der Waals surface area contributed by atoms with Gasteiger partial charge >= 0.3 is 0 Å². The third kappa shape index (κ3) is 5.99. The standard InChI is InChI=1S/C23H30N2O6S/c1-3-4-5-14-31-20-9-6-18(7-10-20)23(26)24-19-8-11-21(29-2)22(17-19)32(27,28)25-12-15-30-16-13-25/h6-11,17H,3-5,12-16H2,1-2H3,(H,24,26). The van der Waals surface area contributed by atoms with Crippen molar-refractivity contribution in [3.05, 3.63) is 48.0 Å². The van der Waals surface area contributed by atoms with Crippen LogP contribution in [0.1, 0.15) is 36.5 Å². The average molecular weight is 463 g/mol. The second-order valence-electron chi connectivity index (χ2n) is 7.42. The lowest BCUT2D eigenvalue weighted by Gasteiger charge is -2.26. The first-order valence-electron chi connectivity index (χ1n) is 10.8. The number of unbranched alkanes of at least 4 members (excludes halogenated alkanes) is 2. The minimum absolute atomic E-state index is 0.00975. The van der Waals surface area contributed by atoms with E-state index in [9.17, 15) is 13.2 Å². The van der Waals surface area contributed by atoms with Crippen LogP contribution in [0.25, 0.3) is 0 Å². The van der Waals surface area contributed by atoms with E-state index in [2.05, 4.69) is 12.2 Å². The number of morpholine rings is 1. The predicted molar refractivity (Wildman–Crippen MR) is 122 cm³/mol. The summed E-state index contributed by atoms with van der Waals surface area (Å²) in [4.78, 5) is 12.7. The van der Waals surface area contributed by atoms with Crippen LogP contribution in [-0.2, 0) is 14.8 Å². The molecule has 1 amide bonds. The second-order valence-corrected chi connectivity index (χ2v) is 9.32. The van der Waals surface area contributed by atoms with Crippen molar-refractivity contribution in [3.8, 4) is 11.5 Å². The Kier molecular flexibility index (Phi) is 8.49. The Labute approximate surface area is 189 Å². The molecule has 2 aromatic carbocycles. The van der Waals surface area contributed by atoms with Gasteiger partial charge in [-0.1, -0.05) is 19.8 Å². The zero-order valence-electron chi connectivity index (χ0n) is 18.5. The van der Waals surface area contributed by atoms with Gasteiger partial charge in [0.05, 0.1) is 26.9 Å². The molecule has 174 valence electrons. The van der Waals surface area contributed by atoms with E-state index in [4.69, 9.17) is 14.2 Å². The largest absolute Gasteiger partial charge is 0.495 e. The van der Waals surface area contributed by atoms with E-state index in [1.807, 2.05) is 0 Å². The molecule has 0 bridgehead atoms. The third-order valence-electron chi connectivity index (χ3n) is 5.14. The number of hydrogen-bond acceptors (Lipinski definition) is 6. The molecule has 2 aromatic rings. The van der Waals surface area contributed by atoms with Gasteiger partial charge in [0.25, 0.3) is 5.91 Å². The maximum Gasteiger partial charge on any atom is 0.255 e. The summed E-state index contributed by atoms with van der Waals surface area (Å²) >= 11 is 0. The normalized spacial score (nSPS) is 14.7. The van der Waals surface area contributed by atoms with Crippen molar-refractivity contribution < 1.29 is 27.4 Å². The number of ether oxygens (including phenoxy) is 3. The number of amides is 1. The molecule has 8 nitrogen and oxygen atoms in total. The molecule has 1 saturated heterocycles. The van der Waals surface area contributed by atoms with Crippen LogP contribution in [0.5, 0.6) is 11.5 Å². The number of sulfonamides is 1. The van der Waals surface area contributed by atoms with Crippen LogP contribution in [0.3, 0.4) is 0 Å². The van der Waals surface area contributed by atoms with Crippen molar-refractivity contribution >= 4 is 21.6 Å². The van der Waals surface area contributed by atoms with Crippen LogP contribution in [-0.4, -0.2) is 58.7 Å². The van der Waals surface area contributed by atoms with Crippen molar-refractivity contribution in [1.82, 2.24) is 4.31 Å². The zero-order valence-corrected chi connectivity index (χ0v) is 19.3. The molecule has 0 unspecified atom stereocenters. The van der Waals surface area contributed by atoms with E-state index in [1.54, 1.807) is 30.3 Å². The molecule has 1 N–H and O–H groups in total. The molecular weight excluding hydrogens is 432 g/mol. The number of methoxy groups -OCH3 is 1. The first-order valence-corrected chi connectivity index (χ1v) is 12.2. The van der Waals surface area contributed by atoms with Gasteiger partial charge < -0.3 is 19.5 Å². The number of rotatable bonds is 10. The van der Waals surface area contributed by atoms with Gasteiger partial charge in [0.2, 0.25) is 10.0 Å². The van der Waals surface area contributed by atoms with Gasteiger partial charge in [-0.15, -0.1) is 0 Å². The number of nitrogens with one attached hydrogen (secondary N) is 1. The van der Waals surface area contributed by atoms with Gasteiger partial charge in [0.1, 0.15) is 16.4 Å². The molecule has 0 aliphatic carbocycles. The topological polar surface area (TPSA) is 94.2 Å². The van der Waals surface area contributed by atoms with Crippen LogP contribution in [0.15, 0.2) is 47.4 Å². The van der Waals surface area contributed by atoms with E-state index >= 15 is 0 Å². The van der Waals surface area contributed by atoms with E-state index in [0.717, 1.165) is 19.3 Å². The second kappa shape index (κ2) is 11.3. The SMILES string of the molecule is CCCCCOc1ccc(C(=O)Nc2ccc(OC)c(S(=O)(=O)N3CCOCC3)c2)cc1. The maximum atomic E-state index is 13.1. The van der Waals surface area contributed by atoms with Crippen LogP contribution < -0.4 is 14.8 Å². The van der Waals surface area contributed by atoms with E-state index in [-0.39, 0.29) is 29.6 Å². The Hall–Kier alpha value is -2.62. The minimum atomic E-state index is -3.79. The molecule has 3 rings (SSSR count). The Morgan fingerprint density at radius 3 is 2.47 bits per heavy atom. The van der Waals surface area contributed by atoms with Crippen LogP contribution in [0.4, 0.5) is 5.69 Å². The van der Waals surface area contributed by atoms with Gasteiger partial charge in [0, 0.05) is 24.3 Å². The molecular formula is C23H30N2O6S. The molecule has 0 radical (unpaired) electrons. The number of carbonyl (C=O) groups is 1. The fraction of sp³-hybridized carbons (Fsp3) is 0.435. The van der Waals surface area contributed by atoms with Gasteiger partial charge in [0.15, 0.2) is 0 Å². The Morgan fingerprint density at radius 2 is 1.81 bits per heavy atom. The minimum Gasteiger partial charge on any atom is -0.495 e. The fourth-order valence-electron chi connectivity index (χ4n) is 3.33. The summed E-state index contributed by atoms with van der Waals surface area (Å²) in [6, 6.07) is 11.4. The number of nitrogens with zero attached hydrogens (tertiary/aromatic N) is 1. The summed E-state index contributed by atoms with van der Waals surface area (Å²) in [5.41, 5.74) is 0.807. The highest BCUT2D eigenvalue weighted by Crippen LogP contribution is 2.30. The van der Waals surface area contributed by atoms with Gasteiger partial charge in [-0.25, -0.2) is 8.42 Å².